The molecule has 0 aromatic heterocycles. The van der Waals surface area contributed by atoms with E-state index < -0.39 is 42.2 Å². The van der Waals surface area contributed by atoms with E-state index in [4.69, 9.17) is 2.74 Å². The molecule has 1 heterocycles. The number of halogens is 4. The smallest absolute Gasteiger partial charge is 0.417 e. The standard InChI is InChI=1S/C19H13F4NO3/c20-14-8-5-13(6-9-14)16-11-27-18(26)24(16)17(25)10-7-12-3-1-2-4-15(12)19(21,22)23/h1-10,16H,11H2/b10-7+/i11D2. The van der Waals surface area contributed by atoms with Crippen LogP contribution in [0, 0.1) is 5.82 Å². The first kappa shape index (κ1) is 16.0. The molecule has 0 saturated carbocycles. The highest BCUT2D eigenvalue weighted by atomic mass is 19.4. The molecule has 2 aromatic rings. The molecular weight excluding hydrogens is 366 g/mol. The maximum atomic E-state index is 13.2. The van der Waals surface area contributed by atoms with Crippen molar-refractivity contribution in [2.45, 2.75) is 12.2 Å². The van der Waals surface area contributed by atoms with E-state index in [1.54, 1.807) is 0 Å². The van der Waals surface area contributed by atoms with E-state index in [0.717, 1.165) is 36.4 Å². The molecule has 4 nitrogen and oxygen atoms in total. The molecule has 1 fully saturated rings. The fraction of sp³-hybridized carbons (Fsp3) is 0.158. The molecule has 3 rings (SSSR count). The summed E-state index contributed by atoms with van der Waals surface area (Å²) in [5.74, 6) is -1.69. The van der Waals surface area contributed by atoms with Crippen molar-refractivity contribution < 1.29 is 34.6 Å². The maximum Gasteiger partial charge on any atom is 0.417 e. The van der Waals surface area contributed by atoms with Crippen LogP contribution in [0.4, 0.5) is 22.4 Å². The summed E-state index contributed by atoms with van der Waals surface area (Å²) in [6.45, 7) is -2.61. The van der Waals surface area contributed by atoms with Gasteiger partial charge in [0, 0.05) is 6.08 Å². The van der Waals surface area contributed by atoms with E-state index in [1.807, 2.05) is 0 Å². The number of alkyl halides is 3. The number of nitrogens with zero attached hydrogens (tertiary/aromatic N) is 1. The van der Waals surface area contributed by atoms with Gasteiger partial charge in [-0.3, -0.25) is 4.79 Å². The van der Waals surface area contributed by atoms with Crippen LogP contribution in [0.2, 0.25) is 0 Å². The first-order valence-electron chi connectivity index (χ1n) is 8.66. The van der Waals surface area contributed by atoms with Crippen LogP contribution in [0.25, 0.3) is 6.08 Å². The van der Waals surface area contributed by atoms with Gasteiger partial charge in [0.05, 0.1) is 8.30 Å². The molecule has 8 heteroatoms. The van der Waals surface area contributed by atoms with Crippen LogP contribution < -0.4 is 0 Å². The number of cyclic esters (lactones) is 1. The lowest BCUT2D eigenvalue weighted by molar-refractivity contribution is -0.137. The number of benzene rings is 2. The Morgan fingerprint density at radius 1 is 1.19 bits per heavy atom. The Hall–Kier alpha value is -3.16. The number of carbonyl (C=O) groups excluding carboxylic acids is 2. The summed E-state index contributed by atoms with van der Waals surface area (Å²) >= 11 is 0. The van der Waals surface area contributed by atoms with Gasteiger partial charge in [-0.15, -0.1) is 0 Å². The van der Waals surface area contributed by atoms with E-state index in [2.05, 4.69) is 4.74 Å². The van der Waals surface area contributed by atoms with E-state index in [1.165, 1.54) is 24.3 Å². The molecular formula is C19H13F4NO3. The van der Waals surface area contributed by atoms with Gasteiger partial charge in [0.1, 0.15) is 18.4 Å². The fourth-order valence-electron chi connectivity index (χ4n) is 2.53. The monoisotopic (exact) mass is 381 g/mol. The first-order chi connectivity index (χ1) is 13.5. The van der Waals surface area contributed by atoms with Crippen molar-refractivity contribution in [1.29, 1.82) is 0 Å². The molecule has 2 amide bonds. The third kappa shape index (κ3) is 3.99. The van der Waals surface area contributed by atoms with Crippen molar-refractivity contribution in [2.75, 3.05) is 6.56 Å². The van der Waals surface area contributed by atoms with Crippen LogP contribution in [-0.4, -0.2) is 23.5 Å². The second-order valence-corrected chi connectivity index (χ2v) is 5.57. The molecule has 0 bridgehead atoms. The molecule has 1 unspecified atom stereocenters. The average molecular weight is 381 g/mol. The molecule has 27 heavy (non-hydrogen) atoms. The van der Waals surface area contributed by atoms with Crippen molar-refractivity contribution in [3.63, 3.8) is 0 Å². The lowest BCUT2D eigenvalue weighted by atomic mass is 10.1. The summed E-state index contributed by atoms with van der Waals surface area (Å²) in [4.78, 5) is 25.1. The molecule has 1 aliphatic heterocycles. The molecule has 0 radical (unpaired) electrons. The Morgan fingerprint density at radius 2 is 1.85 bits per heavy atom. The predicted octanol–water partition coefficient (Wildman–Crippen LogP) is 4.58. The third-order valence-electron chi connectivity index (χ3n) is 3.81. The van der Waals surface area contributed by atoms with Crippen molar-refractivity contribution in [1.82, 2.24) is 4.90 Å². The first-order valence-corrected chi connectivity index (χ1v) is 7.66. The molecule has 0 spiro atoms. The third-order valence-corrected chi connectivity index (χ3v) is 3.81. The van der Waals surface area contributed by atoms with E-state index in [-0.39, 0.29) is 11.1 Å². The molecule has 1 aliphatic rings. The van der Waals surface area contributed by atoms with Crippen LogP contribution in [0.3, 0.4) is 0 Å². The quantitative estimate of drug-likeness (QED) is 0.578. The maximum absolute atomic E-state index is 13.2. The summed E-state index contributed by atoms with van der Waals surface area (Å²) in [5, 5.41) is 0. The normalized spacial score (nSPS) is 20.4. The molecule has 0 aliphatic carbocycles. The Balaban J connectivity index is 1.94. The molecule has 0 N–H and O–H groups in total. The second-order valence-electron chi connectivity index (χ2n) is 5.57. The largest absolute Gasteiger partial charge is 0.446 e. The van der Waals surface area contributed by atoms with Crippen LogP contribution in [0.5, 0.6) is 0 Å². The van der Waals surface area contributed by atoms with Gasteiger partial charge in [0.15, 0.2) is 0 Å². The van der Waals surface area contributed by atoms with Crippen molar-refractivity contribution in [3.05, 3.63) is 77.1 Å². The molecule has 1 saturated heterocycles. The highest BCUT2D eigenvalue weighted by molar-refractivity contribution is 6.02. The van der Waals surface area contributed by atoms with Crippen molar-refractivity contribution in [2.24, 2.45) is 0 Å². The Bertz CT molecular complexity index is 974. The van der Waals surface area contributed by atoms with Gasteiger partial charge >= 0.3 is 12.3 Å². The van der Waals surface area contributed by atoms with Crippen LogP contribution >= 0.6 is 0 Å². The SMILES string of the molecule is [2H]C1([2H])OC(=O)N(C(=O)/C=C/c2ccccc2C(F)(F)F)C1c1ccc(F)cc1. The molecule has 2 aromatic carbocycles. The number of amides is 2. The lowest BCUT2D eigenvalue weighted by Crippen LogP contribution is -2.32. The summed E-state index contributed by atoms with van der Waals surface area (Å²) in [6.07, 6.45) is -4.34. The topological polar surface area (TPSA) is 46.6 Å². The van der Waals surface area contributed by atoms with Crippen LogP contribution in [0.15, 0.2) is 54.6 Å². The highest BCUT2D eigenvalue weighted by Gasteiger charge is 2.38. The van der Waals surface area contributed by atoms with Gasteiger partial charge in [-0.1, -0.05) is 30.3 Å². The summed E-state index contributed by atoms with van der Waals surface area (Å²) in [6, 6.07) is 7.40. The lowest BCUT2D eigenvalue weighted by Gasteiger charge is -2.18. The number of imide groups is 1. The Labute approximate surface area is 154 Å². The molecule has 140 valence electrons. The predicted molar refractivity (Wildman–Crippen MR) is 87.8 cm³/mol. The number of rotatable bonds is 3. The highest BCUT2D eigenvalue weighted by Crippen LogP contribution is 2.33. The zero-order chi connectivity index (χ0) is 21.4. The summed E-state index contributed by atoms with van der Waals surface area (Å²) in [7, 11) is 0. The van der Waals surface area contributed by atoms with Gasteiger partial charge in [-0.25, -0.2) is 14.1 Å². The zero-order valence-electron chi connectivity index (χ0n) is 15.5. The minimum atomic E-state index is -4.65. The van der Waals surface area contributed by atoms with Crippen LogP contribution in [-0.2, 0) is 15.7 Å². The fourth-order valence-corrected chi connectivity index (χ4v) is 2.53. The summed E-state index contributed by atoms with van der Waals surface area (Å²) < 4.78 is 72.7. The number of hydrogen-bond acceptors (Lipinski definition) is 3. The minimum absolute atomic E-state index is 0.0830. The Kier molecular flexibility index (Phi) is 4.29. The zero-order valence-corrected chi connectivity index (χ0v) is 13.5. The Morgan fingerprint density at radius 3 is 2.52 bits per heavy atom. The number of carbonyl (C=O) groups is 2. The van der Waals surface area contributed by atoms with Crippen molar-refractivity contribution in [3.8, 4) is 0 Å². The van der Waals surface area contributed by atoms with Crippen molar-refractivity contribution >= 4 is 18.1 Å². The van der Waals surface area contributed by atoms with Gasteiger partial charge in [0.25, 0.3) is 5.91 Å². The number of hydrogen-bond donors (Lipinski definition) is 0. The number of ether oxygens (including phenoxy) is 1. The average Bonchev–Trinajstić information content (AvgIpc) is 2.88. The second kappa shape index (κ2) is 7.22. The van der Waals surface area contributed by atoms with E-state index in [9.17, 15) is 27.2 Å². The van der Waals surface area contributed by atoms with Gasteiger partial charge in [-0.05, 0) is 35.4 Å². The van der Waals surface area contributed by atoms with Gasteiger partial charge in [-0.2, -0.15) is 13.2 Å². The van der Waals surface area contributed by atoms with Crippen LogP contribution in [0.1, 0.15) is 25.5 Å². The van der Waals surface area contributed by atoms with E-state index >= 15 is 0 Å². The summed E-state index contributed by atoms with van der Waals surface area (Å²) in [5.41, 5.74) is -1.19. The molecule has 1 atom stereocenters. The van der Waals surface area contributed by atoms with Gasteiger partial charge < -0.3 is 4.74 Å². The van der Waals surface area contributed by atoms with E-state index in [0.29, 0.717) is 4.90 Å². The van der Waals surface area contributed by atoms with Gasteiger partial charge in [0.2, 0.25) is 0 Å². The minimum Gasteiger partial charge on any atom is -0.446 e.